The number of benzene rings is 1. The molecule has 0 saturated heterocycles. The van der Waals surface area contributed by atoms with Gasteiger partial charge in [0.25, 0.3) is 0 Å². The third-order valence-corrected chi connectivity index (χ3v) is 3.35. The highest BCUT2D eigenvalue weighted by molar-refractivity contribution is 6.35. The Morgan fingerprint density at radius 1 is 1.41 bits per heavy atom. The van der Waals surface area contributed by atoms with E-state index in [1.807, 2.05) is 16.7 Å². The highest BCUT2D eigenvalue weighted by Gasteiger charge is 2.14. The molecule has 1 aromatic heterocycles. The van der Waals surface area contributed by atoms with Crippen LogP contribution in [-0.4, -0.2) is 9.55 Å². The predicted molar refractivity (Wildman–Crippen MR) is 70.4 cm³/mol. The number of hydrogen-bond donors (Lipinski definition) is 1. The summed E-state index contributed by atoms with van der Waals surface area (Å²) in [6.45, 7) is 2.51. The van der Waals surface area contributed by atoms with Crippen LogP contribution in [0.2, 0.25) is 10.0 Å². The highest BCUT2D eigenvalue weighted by atomic mass is 35.5. The van der Waals surface area contributed by atoms with Crippen molar-refractivity contribution < 1.29 is 0 Å². The van der Waals surface area contributed by atoms with Crippen molar-refractivity contribution >= 4 is 23.2 Å². The predicted octanol–water partition coefficient (Wildman–Crippen LogP) is 3.26. The fourth-order valence-electron chi connectivity index (χ4n) is 1.83. The van der Waals surface area contributed by atoms with Crippen LogP contribution < -0.4 is 5.73 Å². The van der Waals surface area contributed by atoms with E-state index in [0.29, 0.717) is 16.6 Å². The highest BCUT2D eigenvalue weighted by Crippen LogP contribution is 2.29. The van der Waals surface area contributed by atoms with Crippen LogP contribution in [0.3, 0.4) is 0 Å². The molecular formula is C12H13Cl2N3. The quantitative estimate of drug-likeness (QED) is 0.930. The number of hydrogen-bond acceptors (Lipinski definition) is 2. The summed E-state index contributed by atoms with van der Waals surface area (Å²) in [7, 11) is 0. The molecular weight excluding hydrogens is 257 g/mol. The molecule has 1 atom stereocenters. The van der Waals surface area contributed by atoms with Gasteiger partial charge in [0.2, 0.25) is 0 Å². The van der Waals surface area contributed by atoms with Crippen LogP contribution in [0.25, 0.3) is 0 Å². The number of aromatic nitrogens is 2. The molecule has 2 aromatic rings. The van der Waals surface area contributed by atoms with Crippen molar-refractivity contribution in [2.45, 2.75) is 19.5 Å². The van der Waals surface area contributed by atoms with Crippen molar-refractivity contribution in [1.29, 1.82) is 0 Å². The first-order valence-corrected chi connectivity index (χ1v) is 6.04. The van der Waals surface area contributed by atoms with Gasteiger partial charge in [-0.25, -0.2) is 4.98 Å². The van der Waals surface area contributed by atoms with Gasteiger partial charge in [-0.1, -0.05) is 29.3 Å². The lowest BCUT2D eigenvalue weighted by atomic mass is 10.1. The monoisotopic (exact) mass is 269 g/mol. The minimum atomic E-state index is 0.0841. The third kappa shape index (κ3) is 2.46. The molecule has 1 aromatic carbocycles. The second kappa shape index (κ2) is 5.08. The number of imidazole rings is 1. The van der Waals surface area contributed by atoms with Gasteiger partial charge in [0, 0.05) is 22.8 Å². The first kappa shape index (κ1) is 12.4. The van der Waals surface area contributed by atoms with E-state index in [2.05, 4.69) is 11.9 Å². The summed E-state index contributed by atoms with van der Waals surface area (Å²) in [5.41, 5.74) is 7.64. The molecule has 1 heterocycles. The number of halogens is 2. The normalized spacial score (nSPS) is 12.7. The zero-order valence-electron chi connectivity index (χ0n) is 9.40. The molecule has 0 saturated carbocycles. The summed E-state index contributed by atoms with van der Waals surface area (Å²) in [6, 6.07) is 5.59. The van der Waals surface area contributed by atoms with Gasteiger partial charge < -0.3 is 10.3 Å². The van der Waals surface area contributed by atoms with E-state index >= 15 is 0 Å². The van der Waals surface area contributed by atoms with Crippen LogP contribution in [0.15, 0.2) is 30.7 Å². The zero-order chi connectivity index (χ0) is 12.4. The van der Waals surface area contributed by atoms with Gasteiger partial charge in [-0.15, -0.1) is 0 Å². The van der Waals surface area contributed by atoms with Gasteiger partial charge in [0.05, 0.1) is 18.1 Å². The molecule has 0 aliphatic heterocycles. The van der Waals surface area contributed by atoms with E-state index in [9.17, 15) is 0 Å². The molecule has 2 rings (SSSR count). The fourth-order valence-corrected chi connectivity index (χ4v) is 2.40. The van der Waals surface area contributed by atoms with E-state index in [4.69, 9.17) is 28.9 Å². The molecule has 0 bridgehead atoms. The van der Waals surface area contributed by atoms with Crippen molar-refractivity contribution in [2.75, 3.05) is 0 Å². The van der Waals surface area contributed by atoms with Crippen molar-refractivity contribution in [1.82, 2.24) is 9.55 Å². The lowest BCUT2D eigenvalue weighted by Gasteiger charge is -2.17. The Morgan fingerprint density at radius 3 is 2.82 bits per heavy atom. The van der Waals surface area contributed by atoms with Crippen LogP contribution in [0.4, 0.5) is 0 Å². The standard InChI is InChI=1S/C12H13Cl2N3/c1-8(17-7-16-6-10(17)5-15)11-3-2-9(13)4-12(11)14/h2-4,6-8H,5,15H2,1H3. The molecule has 90 valence electrons. The van der Waals surface area contributed by atoms with Crippen molar-refractivity contribution in [3.05, 3.63) is 52.0 Å². The average molecular weight is 270 g/mol. The summed E-state index contributed by atoms with van der Waals surface area (Å²) >= 11 is 12.1. The smallest absolute Gasteiger partial charge is 0.0954 e. The Labute approximate surface area is 110 Å². The summed E-state index contributed by atoms with van der Waals surface area (Å²) in [5, 5.41) is 1.29. The Hall–Kier alpha value is -1.03. The SMILES string of the molecule is CC(c1ccc(Cl)cc1Cl)n1cncc1CN. The molecule has 0 fully saturated rings. The maximum Gasteiger partial charge on any atom is 0.0954 e. The molecule has 0 spiro atoms. The first-order chi connectivity index (χ1) is 8.13. The number of rotatable bonds is 3. The average Bonchev–Trinajstić information content (AvgIpc) is 2.76. The van der Waals surface area contributed by atoms with Crippen molar-refractivity contribution in [3.63, 3.8) is 0 Å². The van der Waals surface area contributed by atoms with Crippen LogP contribution in [0, 0.1) is 0 Å². The van der Waals surface area contributed by atoms with Crippen LogP contribution in [0.5, 0.6) is 0 Å². The van der Waals surface area contributed by atoms with Crippen molar-refractivity contribution in [2.24, 2.45) is 5.73 Å². The third-order valence-electron chi connectivity index (χ3n) is 2.79. The van der Waals surface area contributed by atoms with Gasteiger partial charge in [0.15, 0.2) is 0 Å². The van der Waals surface area contributed by atoms with E-state index in [1.54, 1.807) is 18.6 Å². The molecule has 0 radical (unpaired) electrons. The summed E-state index contributed by atoms with van der Waals surface area (Å²) < 4.78 is 2.01. The van der Waals surface area contributed by atoms with Gasteiger partial charge in [-0.05, 0) is 24.6 Å². The minimum Gasteiger partial charge on any atom is -0.326 e. The largest absolute Gasteiger partial charge is 0.326 e. The van der Waals surface area contributed by atoms with Crippen molar-refractivity contribution in [3.8, 4) is 0 Å². The number of nitrogens with zero attached hydrogens (tertiary/aromatic N) is 2. The molecule has 0 aliphatic rings. The van der Waals surface area contributed by atoms with E-state index in [1.165, 1.54) is 0 Å². The molecule has 1 unspecified atom stereocenters. The van der Waals surface area contributed by atoms with E-state index < -0.39 is 0 Å². The van der Waals surface area contributed by atoms with Gasteiger partial charge >= 0.3 is 0 Å². The van der Waals surface area contributed by atoms with Crippen LogP contribution in [0.1, 0.15) is 24.2 Å². The van der Waals surface area contributed by atoms with Crippen LogP contribution >= 0.6 is 23.2 Å². The molecule has 17 heavy (non-hydrogen) atoms. The zero-order valence-corrected chi connectivity index (χ0v) is 10.9. The Balaban J connectivity index is 2.40. The molecule has 2 N–H and O–H groups in total. The molecule has 5 heteroatoms. The van der Waals surface area contributed by atoms with E-state index in [-0.39, 0.29) is 6.04 Å². The Morgan fingerprint density at radius 2 is 2.18 bits per heavy atom. The Bertz CT molecular complexity index is 522. The van der Waals surface area contributed by atoms with E-state index in [0.717, 1.165) is 11.3 Å². The van der Waals surface area contributed by atoms with Gasteiger partial charge in [0.1, 0.15) is 0 Å². The maximum atomic E-state index is 6.19. The van der Waals surface area contributed by atoms with Gasteiger partial charge in [-0.2, -0.15) is 0 Å². The molecule has 0 amide bonds. The number of nitrogens with two attached hydrogens (primary N) is 1. The topological polar surface area (TPSA) is 43.8 Å². The van der Waals surface area contributed by atoms with Crippen LogP contribution in [-0.2, 0) is 6.54 Å². The second-order valence-corrected chi connectivity index (χ2v) is 4.68. The summed E-state index contributed by atoms with van der Waals surface area (Å²) in [5.74, 6) is 0. The summed E-state index contributed by atoms with van der Waals surface area (Å²) in [6.07, 6.45) is 3.53. The second-order valence-electron chi connectivity index (χ2n) is 3.84. The maximum absolute atomic E-state index is 6.19. The Kier molecular flexibility index (Phi) is 3.72. The molecule has 0 aliphatic carbocycles. The minimum absolute atomic E-state index is 0.0841. The summed E-state index contributed by atoms with van der Waals surface area (Å²) in [4.78, 5) is 4.10. The first-order valence-electron chi connectivity index (χ1n) is 5.29. The lowest BCUT2D eigenvalue weighted by Crippen LogP contribution is -2.12. The molecule has 3 nitrogen and oxygen atoms in total. The lowest BCUT2D eigenvalue weighted by molar-refractivity contribution is 0.609. The van der Waals surface area contributed by atoms with Gasteiger partial charge in [-0.3, -0.25) is 0 Å². The fraction of sp³-hybridized carbons (Fsp3) is 0.250.